The van der Waals surface area contributed by atoms with E-state index in [-0.39, 0.29) is 5.41 Å². The normalized spacial score (nSPS) is 11.8. The molecular formula is C13H17BrN4. The summed E-state index contributed by atoms with van der Waals surface area (Å²) in [6.07, 6.45) is 3.52. The first-order valence-electron chi connectivity index (χ1n) is 5.74. The predicted molar refractivity (Wildman–Crippen MR) is 77.3 cm³/mol. The molecule has 0 spiro atoms. The second-order valence-electron chi connectivity index (χ2n) is 5.37. The van der Waals surface area contributed by atoms with Gasteiger partial charge in [0.05, 0.1) is 0 Å². The number of anilines is 1. The Kier molecular flexibility index (Phi) is 3.19. The van der Waals surface area contributed by atoms with Gasteiger partial charge in [0.2, 0.25) is 0 Å². The lowest BCUT2D eigenvalue weighted by Gasteiger charge is -2.17. The van der Waals surface area contributed by atoms with Gasteiger partial charge >= 0.3 is 0 Å². The van der Waals surface area contributed by atoms with Crippen molar-refractivity contribution in [3.05, 3.63) is 28.8 Å². The van der Waals surface area contributed by atoms with Gasteiger partial charge in [0.1, 0.15) is 17.3 Å². The summed E-state index contributed by atoms with van der Waals surface area (Å²) in [7, 11) is 1.94. The van der Waals surface area contributed by atoms with Gasteiger partial charge in [-0.3, -0.25) is 4.98 Å². The summed E-state index contributed by atoms with van der Waals surface area (Å²) < 4.78 is 2.86. The second kappa shape index (κ2) is 4.39. The molecule has 2 heterocycles. The number of imidazole rings is 1. The largest absolute Gasteiger partial charge is 0.383 e. The minimum atomic E-state index is -0.0411. The fraction of sp³-hybridized carbons (Fsp3) is 0.385. The summed E-state index contributed by atoms with van der Waals surface area (Å²) in [6, 6.07) is 1.97. The fourth-order valence-corrected chi connectivity index (χ4v) is 2.30. The van der Waals surface area contributed by atoms with Crippen LogP contribution < -0.4 is 5.73 Å². The van der Waals surface area contributed by atoms with Crippen LogP contribution in [0.1, 0.15) is 26.6 Å². The first kappa shape index (κ1) is 13.1. The molecule has 0 unspecified atom stereocenters. The number of pyridine rings is 1. The molecule has 2 rings (SSSR count). The van der Waals surface area contributed by atoms with E-state index in [9.17, 15) is 0 Å². The van der Waals surface area contributed by atoms with Gasteiger partial charge < -0.3 is 10.3 Å². The number of rotatable bonds is 1. The van der Waals surface area contributed by atoms with Crippen molar-refractivity contribution in [1.82, 2.24) is 14.5 Å². The van der Waals surface area contributed by atoms with Crippen molar-refractivity contribution >= 4 is 21.7 Å². The molecule has 0 saturated carbocycles. The fourth-order valence-electron chi connectivity index (χ4n) is 1.94. The first-order chi connectivity index (χ1) is 8.30. The average molecular weight is 309 g/mol. The Balaban J connectivity index is 2.60. The number of nitrogen functional groups attached to an aromatic ring is 1. The van der Waals surface area contributed by atoms with Gasteiger partial charge in [-0.1, -0.05) is 20.8 Å². The van der Waals surface area contributed by atoms with Crippen LogP contribution >= 0.6 is 15.9 Å². The number of halogens is 1. The summed E-state index contributed by atoms with van der Waals surface area (Å²) >= 11 is 3.41. The van der Waals surface area contributed by atoms with Gasteiger partial charge in [0.25, 0.3) is 0 Å². The van der Waals surface area contributed by atoms with E-state index in [4.69, 9.17) is 5.73 Å². The lowest BCUT2D eigenvalue weighted by molar-refractivity contribution is 0.524. The van der Waals surface area contributed by atoms with Gasteiger partial charge in [-0.25, -0.2) is 4.98 Å². The second-order valence-corrected chi connectivity index (χ2v) is 6.29. The third-order valence-electron chi connectivity index (χ3n) is 2.79. The zero-order valence-electron chi connectivity index (χ0n) is 11.0. The molecular weight excluding hydrogens is 292 g/mol. The summed E-state index contributed by atoms with van der Waals surface area (Å²) in [5.74, 6) is 1.63. The molecule has 0 aliphatic heterocycles. The third kappa shape index (κ3) is 2.27. The van der Waals surface area contributed by atoms with Crippen LogP contribution in [0.2, 0.25) is 0 Å². The van der Waals surface area contributed by atoms with E-state index in [1.807, 2.05) is 17.7 Å². The Bertz CT molecular complexity index is 581. The van der Waals surface area contributed by atoms with Crippen molar-refractivity contribution in [1.29, 1.82) is 0 Å². The van der Waals surface area contributed by atoms with Crippen molar-refractivity contribution in [2.75, 3.05) is 5.73 Å². The Morgan fingerprint density at radius 2 is 1.94 bits per heavy atom. The van der Waals surface area contributed by atoms with E-state index in [2.05, 4.69) is 46.7 Å². The van der Waals surface area contributed by atoms with Crippen LogP contribution in [0, 0.1) is 0 Å². The summed E-state index contributed by atoms with van der Waals surface area (Å²) in [5.41, 5.74) is 7.81. The van der Waals surface area contributed by atoms with Crippen LogP contribution in [0.4, 0.5) is 5.82 Å². The van der Waals surface area contributed by atoms with Crippen LogP contribution in [0.5, 0.6) is 0 Å². The van der Waals surface area contributed by atoms with E-state index in [1.165, 1.54) is 0 Å². The standard InChI is InChI=1S/C13H17BrN4/c1-13(2,3)12-17-10(11(15)18(12)4)8-5-9(14)7-16-6-8/h5-7H,15H2,1-4H3. The Morgan fingerprint density at radius 3 is 2.44 bits per heavy atom. The molecule has 0 bridgehead atoms. The smallest absolute Gasteiger partial charge is 0.131 e. The van der Waals surface area contributed by atoms with Gasteiger partial charge in [0, 0.05) is 34.9 Å². The maximum atomic E-state index is 6.14. The lowest BCUT2D eigenvalue weighted by atomic mass is 9.96. The lowest BCUT2D eigenvalue weighted by Crippen LogP contribution is -2.17. The molecule has 2 aromatic heterocycles. The topological polar surface area (TPSA) is 56.7 Å². The van der Waals surface area contributed by atoms with Gasteiger partial charge in [0.15, 0.2) is 0 Å². The molecule has 0 fully saturated rings. The van der Waals surface area contributed by atoms with Crippen LogP contribution in [0.15, 0.2) is 22.9 Å². The van der Waals surface area contributed by atoms with E-state index in [0.717, 1.165) is 21.6 Å². The molecule has 0 radical (unpaired) electrons. The molecule has 18 heavy (non-hydrogen) atoms. The maximum absolute atomic E-state index is 6.14. The van der Waals surface area contributed by atoms with Crippen molar-refractivity contribution in [2.45, 2.75) is 26.2 Å². The number of nitrogens with zero attached hydrogens (tertiary/aromatic N) is 3. The Morgan fingerprint density at radius 1 is 1.28 bits per heavy atom. The van der Waals surface area contributed by atoms with Gasteiger partial charge in [-0.15, -0.1) is 0 Å². The molecule has 0 amide bonds. The van der Waals surface area contributed by atoms with Crippen molar-refractivity contribution < 1.29 is 0 Å². The monoisotopic (exact) mass is 308 g/mol. The van der Waals surface area contributed by atoms with Crippen LogP contribution in [-0.4, -0.2) is 14.5 Å². The summed E-state index contributed by atoms with van der Waals surface area (Å²) in [5, 5.41) is 0. The summed E-state index contributed by atoms with van der Waals surface area (Å²) in [4.78, 5) is 8.82. The Hall–Kier alpha value is -1.36. The van der Waals surface area contributed by atoms with E-state index in [1.54, 1.807) is 12.4 Å². The van der Waals surface area contributed by atoms with E-state index >= 15 is 0 Å². The highest BCUT2D eigenvalue weighted by atomic mass is 79.9. The molecule has 0 saturated heterocycles. The predicted octanol–water partition coefficient (Wildman–Crippen LogP) is 3.12. The Labute approximate surface area is 115 Å². The molecule has 0 aliphatic rings. The van der Waals surface area contributed by atoms with Crippen LogP contribution in [0.3, 0.4) is 0 Å². The third-order valence-corrected chi connectivity index (χ3v) is 3.22. The molecule has 0 aromatic carbocycles. The maximum Gasteiger partial charge on any atom is 0.131 e. The minimum Gasteiger partial charge on any atom is -0.383 e. The number of nitrogens with two attached hydrogens (primary N) is 1. The van der Waals surface area contributed by atoms with Crippen molar-refractivity contribution in [3.8, 4) is 11.3 Å². The summed E-state index contributed by atoms with van der Waals surface area (Å²) in [6.45, 7) is 6.37. The average Bonchev–Trinajstić information content (AvgIpc) is 2.55. The number of hydrogen-bond donors (Lipinski definition) is 1. The minimum absolute atomic E-state index is 0.0411. The van der Waals surface area contributed by atoms with Crippen molar-refractivity contribution in [2.24, 2.45) is 7.05 Å². The van der Waals surface area contributed by atoms with Crippen molar-refractivity contribution in [3.63, 3.8) is 0 Å². The quantitative estimate of drug-likeness (QED) is 0.880. The molecule has 96 valence electrons. The van der Waals surface area contributed by atoms with Gasteiger partial charge in [-0.2, -0.15) is 0 Å². The number of aromatic nitrogens is 3. The molecule has 2 aromatic rings. The molecule has 0 aliphatic carbocycles. The number of hydrogen-bond acceptors (Lipinski definition) is 3. The van der Waals surface area contributed by atoms with Crippen LogP contribution in [0.25, 0.3) is 11.3 Å². The highest BCUT2D eigenvalue weighted by Gasteiger charge is 2.23. The van der Waals surface area contributed by atoms with E-state index < -0.39 is 0 Å². The van der Waals surface area contributed by atoms with E-state index in [0.29, 0.717) is 5.82 Å². The molecule has 2 N–H and O–H groups in total. The SMILES string of the molecule is Cn1c(C(C)(C)C)nc(-c2cncc(Br)c2)c1N. The highest BCUT2D eigenvalue weighted by molar-refractivity contribution is 9.10. The van der Waals surface area contributed by atoms with Gasteiger partial charge in [-0.05, 0) is 22.0 Å². The molecule has 4 nitrogen and oxygen atoms in total. The molecule has 5 heteroatoms. The zero-order valence-corrected chi connectivity index (χ0v) is 12.6. The van der Waals surface area contributed by atoms with Crippen LogP contribution in [-0.2, 0) is 12.5 Å². The molecule has 0 atom stereocenters. The first-order valence-corrected chi connectivity index (χ1v) is 6.53. The zero-order chi connectivity index (χ0) is 13.5. The highest BCUT2D eigenvalue weighted by Crippen LogP contribution is 2.31.